The third kappa shape index (κ3) is 3.45. The molecule has 94 valence electrons. The summed E-state index contributed by atoms with van der Waals surface area (Å²) in [5.41, 5.74) is 8.06. The van der Waals surface area contributed by atoms with Crippen LogP contribution in [0.4, 0.5) is 17.6 Å². The smallest absolute Gasteiger partial charge is 0.223 e. The second kappa shape index (κ2) is 5.67. The van der Waals surface area contributed by atoms with E-state index in [4.69, 9.17) is 11.6 Å². The molecule has 1 aromatic heterocycles. The van der Waals surface area contributed by atoms with Gasteiger partial charge in [-0.3, -0.25) is 0 Å². The second-order valence-electron chi connectivity index (χ2n) is 4.53. The monoisotopic (exact) mass is 236 g/mol. The number of aromatic nitrogens is 2. The lowest BCUT2D eigenvalue weighted by atomic mass is 9.89. The molecule has 0 unspecified atom stereocenters. The van der Waals surface area contributed by atoms with Crippen molar-refractivity contribution in [3.05, 3.63) is 6.07 Å². The molecule has 0 saturated heterocycles. The van der Waals surface area contributed by atoms with Crippen LogP contribution in [0.15, 0.2) is 6.07 Å². The summed E-state index contributed by atoms with van der Waals surface area (Å²) in [7, 11) is 0. The Hall–Kier alpha value is -1.56. The summed E-state index contributed by atoms with van der Waals surface area (Å²) in [6.45, 7) is 0.945. The van der Waals surface area contributed by atoms with E-state index in [-0.39, 0.29) is 5.95 Å². The second-order valence-corrected chi connectivity index (χ2v) is 4.53. The van der Waals surface area contributed by atoms with Crippen molar-refractivity contribution in [1.82, 2.24) is 9.97 Å². The Bertz CT molecular complexity index is 361. The average molecular weight is 236 g/mol. The molecule has 1 aliphatic carbocycles. The van der Waals surface area contributed by atoms with Crippen molar-refractivity contribution >= 4 is 17.6 Å². The van der Waals surface area contributed by atoms with Crippen LogP contribution in [0.1, 0.15) is 32.1 Å². The Morgan fingerprint density at radius 2 is 1.88 bits per heavy atom. The zero-order valence-corrected chi connectivity index (χ0v) is 9.95. The van der Waals surface area contributed by atoms with E-state index >= 15 is 0 Å². The van der Waals surface area contributed by atoms with Crippen molar-refractivity contribution in [3.63, 3.8) is 0 Å². The van der Waals surface area contributed by atoms with Gasteiger partial charge in [0.15, 0.2) is 0 Å². The maximum absolute atomic E-state index is 5.59. The minimum Gasteiger partial charge on any atom is -0.370 e. The van der Waals surface area contributed by atoms with E-state index in [0.717, 1.165) is 18.3 Å². The zero-order valence-electron chi connectivity index (χ0n) is 9.95. The number of rotatable bonds is 4. The zero-order chi connectivity index (χ0) is 12.1. The molecule has 0 radical (unpaired) electrons. The number of anilines is 3. The number of hydrazine groups is 1. The summed E-state index contributed by atoms with van der Waals surface area (Å²) in [4.78, 5) is 8.06. The van der Waals surface area contributed by atoms with Gasteiger partial charge in [0.05, 0.1) is 0 Å². The van der Waals surface area contributed by atoms with Crippen molar-refractivity contribution in [3.8, 4) is 0 Å². The van der Waals surface area contributed by atoms with E-state index in [1.165, 1.54) is 32.1 Å². The Kier molecular flexibility index (Phi) is 3.98. The van der Waals surface area contributed by atoms with E-state index in [1.54, 1.807) is 6.07 Å². The molecule has 6 nitrogen and oxygen atoms in total. The van der Waals surface area contributed by atoms with Crippen LogP contribution < -0.4 is 22.3 Å². The molecular formula is C11H20N6. The van der Waals surface area contributed by atoms with Gasteiger partial charge in [-0.05, 0) is 18.8 Å². The molecule has 1 aliphatic rings. The first-order chi connectivity index (χ1) is 8.28. The van der Waals surface area contributed by atoms with Gasteiger partial charge in [-0.1, -0.05) is 19.3 Å². The summed E-state index contributed by atoms with van der Waals surface area (Å²) < 4.78 is 0. The van der Waals surface area contributed by atoms with Crippen molar-refractivity contribution in [2.45, 2.75) is 32.1 Å². The number of hydrogen-bond acceptors (Lipinski definition) is 6. The number of hydrogen-bond donors (Lipinski definition) is 4. The standard InChI is InChI=1S/C11H20N6/c12-11-15-9(6-10(16-11)17-13)14-7-8-4-2-1-3-5-8/h6,8H,1-5,7,13H2,(H4,12,14,15,16,17). The number of nitrogens with two attached hydrogens (primary N) is 2. The van der Waals surface area contributed by atoms with E-state index < -0.39 is 0 Å². The highest BCUT2D eigenvalue weighted by molar-refractivity contribution is 5.50. The Morgan fingerprint density at radius 1 is 1.18 bits per heavy atom. The van der Waals surface area contributed by atoms with Crippen molar-refractivity contribution in [1.29, 1.82) is 0 Å². The third-order valence-electron chi connectivity index (χ3n) is 3.19. The van der Waals surface area contributed by atoms with E-state index in [1.807, 2.05) is 0 Å². The van der Waals surface area contributed by atoms with E-state index in [2.05, 4.69) is 20.7 Å². The predicted molar refractivity (Wildman–Crippen MR) is 69.3 cm³/mol. The molecule has 0 amide bonds. The highest BCUT2D eigenvalue weighted by Crippen LogP contribution is 2.24. The fourth-order valence-electron chi connectivity index (χ4n) is 2.27. The van der Waals surface area contributed by atoms with Crippen LogP contribution in [0.2, 0.25) is 0 Å². The van der Waals surface area contributed by atoms with E-state index in [9.17, 15) is 0 Å². The van der Waals surface area contributed by atoms with Crippen LogP contribution >= 0.6 is 0 Å². The fourth-order valence-corrected chi connectivity index (χ4v) is 2.27. The van der Waals surface area contributed by atoms with Crippen LogP contribution in [0.3, 0.4) is 0 Å². The Balaban J connectivity index is 1.91. The molecule has 2 rings (SSSR count). The Labute approximate surface area is 101 Å². The molecular weight excluding hydrogens is 216 g/mol. The van der Waals surface area contributed by atoms with Gasteiger partial charge >= 0.3 is 0 Å². The normalized spacial score (nSPS) is 16.8. The van der Waals surface area contributed by atoms with Crippen molar-refractivity contribution in [2.75, 3.05) is 23.0 Å². The van der Waals surface area contributed by atoms with Gasteiger partial charge in [0, 0.05) is 12.6 Å². The first-order valence-electron chi connectivity index (χ1n) is 6.13. The van der Waals surface area contributed by atoms with Crippen LogP contribution in [-0.4, -0.2) is 16.5 Å². The molecule has 0 aliphatic heterocycles. The molecule has 0 aromatic carbocycles. The van der Waals surface area contributed by atoms with Crippen molar-refractivity contribution < 1.29 is 0 Å². The first kappa shape index (κ1) is 11.9. The summed E-state index contributed by atoms with van der Waals surface area (Å²) in [6.07, 6.45) is 6.66. The minimum atomic E-state index is 0.228. The highest BCUT2D eigenvalue weighted by Gasteiger charge is 2.13. The topological polar surface area (TPSA) is 102 Å². The summed E-state index contributed by atoms with van der Waals surface area (Å²) in [5, 5.41) is 3.30. The molecule has 1 heterocycles. The highest BCUT2D eigenvalue weighted by atomic mass is 15.3. The van der Waals surface area contributed by atoms with Gasteiger partial charge in [-0.2, -0.15) is 9.97 Å². The lowest BCUT2D eigenvalue weighted by Gasteiger charge is -2.22. The molecule has 1 aromatic rings. The number of nitrogen functional groups attached to an aromatic ring is 2. The predicted octanol–water partition coefficient (Wildman–Crippen LogP) is 1.34. The van der Waals surface area contributed by atoms with Gasteiger partial charge in [-0.25, -0.2) is 5.84 Å². The Morgan fingerprint density at radius 3 is 2.59 bits per heavy atom. The van der Waals surface area contributed by atoms with Gasteiger partial charge in [0.2, 0.25) is 5.95 Å². The van der Waals surface area contributed by atoms with Crippen molar-refractivity contribution in [2.24, 2.45) is 11.8 Å². The van der Waals surface area contributed by atoms with Gasteiger partial charge in [0.25, 0.3) is 0 Å². The quantitative estimate of drug-likeness (QED) is 0.465. The minimum absolute atomic E-state index is 0.228. The van der Waals surface area contributed by atoms with Crippen LogP contribution in [0, 0.1) is 5.92 Å². The summed E-state index contributed by atoms with van der Waals surface area (Å²) in [5.74, 6) is 7.54. The summed E-state index contributed by atoms with van der Waals surface area (Å²) in [6, 6.07) is 1.76. The number of nitrogens with one attached hydrogen (secondary N) is 2. The number of nitrogens with zero attached hydrogens (tertiary/aromatic N) is 2. The molecule has 0 bridgehead atoms. The third-order valence-corrected chi connectivity index (χ3v) is 3.19. The van der Waals surface area contributed by atoms with Crippen LogP contribution in [0.25, 0.3) is 0 Å². The average Bonchev–Trinajstić information content (AvgIpc) is 2.37. The molecule has 6 N–H and O–H groups in total. The molecule has 17 heavy (non-hydrogen) atoms. The van der Waals surface area contributed by atoms with Gasteiger partial charge in [0.1, 0.15) is 11.6 Å². The molecule has 0 atom stereocenters. The molecule has 1 saturated carbocycles. The van der Waals surface area contributed by atoms with Gasteiger partial charge < -0.3 is 16.5 Å². The maximum Gasteiger partial charge on any atom is 0.223 e. The van der Waals surface area contributed by atoms with Crippen LogP contribution in [0.5, 0.6) is 0 Å². The van der Waals surface area contributed by atoms with Gasteiger partial charge in [-0.15, -0.1) is 0 Å². The molecule has 1 fully saturated rings. The molecule has 6 heteroatoms. The summed E-state index contributed by atoms with van der Waals surface area (Å²) >= 11 is 0. The largest absolute Gasteiger partial charge is 0.370 e. The lowest BCUT2D eigenvalue weighted by molar-refractivity contribution is 0.373. The van der Waals surface area contributed by atoms with E-state index in [0.29, 0.717) is 5.82 Å². The molecule has 0 spiro atoms. The van der Waals surface area contributed by atoms with Crippen LogP contribution in [-0.2, 0) is 0 Å². The maximum atomic E-state index is 5.59. The lowest BCUT2D eigenvalue weighted by Crippen LogP contribution is -2.18. The fraction of sp³-hybridized carbons (Fsp3) is 0.636. The first-order valence-corrected chi connectivity index (χ1v) is 6.13. The SMILES string of the molecule is NNc1cc(NCC2CCCCC2)nc(N)n1.